The molecule has 4 rings (SSSR count). The molecule has 7 nitrogen and oxygen atoms in total. The summed E-state index contributed by atoms with van der Waals surface area (Å²) in [4.78, 5) is 19.9. The van der Waals surface area contributed by atoms with Crippen molar-refractivity contribution in [3.05, 3.63) is 72.8 Å². The number of nitrogens with one attached hydrogen (secondary N) is 2. The van der Waals surface area contributed by atoms with Crippen molar-refractivity contribution < 1.29 is 4.79 Å². The molecule has 2 N–H and O–H groups in total. The minimum atomic E-state index is -0.0923. The second-order valence-electron chi connectivity index (χ2n) is 6.11. The number of aromatic nitrogens is 4. The molecule has 0 atom stereocenters. The molecule has 0 fully saturated rings. The average molecular weight is 358 g/mol. The fraction of sp³-hybridized carbons (Fsp3) is 0.100. The topological polar surface area (TPSA) is 84.2 Å². The van der Waals surface area contributed by atoms with Gasteiger partial charge in [-0.25, -0.2) is 9.50 Å². The van der Waals surface area contributed by atoms with Crippen LogP contribution < -0.4 is 10.6 Å². The van der Waals surface area contributed by atoms with Gasteiger partial charge in [-0.2, -0.15) is 5.10 Å². The number of fused-ring (bicyclic) bond motifs is 1. The zero-order valence-electron chi connectivity index (χ0n) is 14.8. The number of rotatable bonds is 5. The Morgan fingerprint density at radius 1 is 1.07 bits per heavy atom. The first-order chi connectivity index (χ1) is 13.2. The Hall–Kier alpha value is -3.74. The van der Waals surface area contributed by atoms with E-state index in [0.717, 1.165) is 33.8 Å². The number of amides is 1. The van der Waals surface area contributed by atoms with E-state index < -0.39 is 0 Å². The summed E-state index contributed by atoms with van der Waals surface area (Å²) in [7, 11) is 0. The number of hydrogen-bond acceptors (Lipinski definition) is 5. The molecule has 134 valence electrons. The van der Waals surface area contributed by atoms with Gasteiger partial charge in [-0.1, -0.05) is 12.1 Å². The van der Waals surface area contributed by atoms with Gasteiger partial charge < -0.3 is 10.6 Å². The zero-order chi connectivity index (χ0) is 18.6. The minimum Gasteiger partial charge on any atom is -0.366 e. The summed E-state index contributed by atoms with van der Waals surface area (Å²) in [6.07, 6.45) is 7.22. The lowest BCUT2D eigenvalue weighted by molar-refractivity contribution is -0.114. The van der Waals surface area contributed by atoms with Gasteiger partial charge in [-0.15, -0.1) is 0 Å². The lowest BCUT2D eigenvalue weighted by atomic mass is 10.1. The van der Waals surface area contributed by atoms with Crippen molar-refractivity contribution in [2.24, 2.45) is 0 Å². The maximum Gasteiger partial charge on any atom is 0.221 e. The number of anilines is 2. The number of pyridine rings is 1. The molecule has 0 saturated heterocycles. The van der Waals surface area contributed by atoms with Crippen LogP contribution in [0.3, 0.4) is 0 Å². The Bertz CT molecular complexity index is 1070. The molecule has 4 aromatic rings. The van der Waals surface area contributed by atoms with Gasteiger partial charge in [0.1, 0.15) is 5.82 Å². The molecule has 0 aliphatic carbocycles. The number of nitrogens with zero attached hydrogens (tertiary/aromatic N) is 4. The van der Waals surface area contributed by atoms with E-state index in [1.165, 1.54) is 6.92 Å². The maximum atomic E-state index is 11.2. The van der Waals surface area contributed by atoms with E-state index in [0.29, 0.717) is 6.54 Å². The van der Waals surface area contributed by atoms with Crippen LogP contribution in [-0.2, 0) is 11.3 Å². The molecule has 0 saturated carbocycles. The molecule has 27 heavy (non-hydrogen) atoms. The van der Waals surface area contributed by atoms with E-state index in [1.807, 2.05) is 48.7 Å². The molecule has 7 heteroatoms. The highest BCUT2D eigenvalue weighted by molar-refractivity contribution is 5.89. The molecule has 3 heterocycles. The van der Waals surface area contributed by atoms with Crippen molar-refractivity contribution in [3.8, 4) is 11.1 Å². The van der Waals surface area contributed by atoms with Crippen molar-refractivity contribution in [1.82, 2.24) is 19.6 Å². The molecule has 0 radical (unpaired) electrons. The number of carbonyl (C=O) groups excluding carboxylic acids is 1. The molecule has 0 unspecified atom stereocenters. The summed E-state index contributed by atoms with van der Waals surface area (Å²) in [6, 6.07) is 13.4. The van der Waals surface area contributed by atoms with Crippen LogP contribution in [0.25, 0.3) is 16.8 Å². The quantitative estimate of drug-likeness (QED) is 0.571. The summed E-state index contributed by atoms with van der Waals surface area (Å²) in [5, 5.41) is 10.5. The van der Waals surface area contributed by atoms with Crippen LogP contribution in [0.1, 0.15) is 12.5 Å². The van der Waals surface area contributed by atoms with E-state index in [-0.39, 0.29) is 5.91 Å². The van der Waals surface area contributed by atoms with Gasteiger partial charge >= 0.3 is 0 Å². The fourth-order valence-electron chi connectivity index (χ4n) is 2.80. The molecule has 1 amide bonds. The van der Waals surface area contributed by atoms with Gasteiger partial charge in [0, 0.05) is 43.3 Å². The third-order valence-electron chi connectivity index (χ3n) is 4.11. The molecule has 0 aliphatic heterocycles. The monoisotopic (exact) mass is 358 g/mol. The van der Waals surface area contributed by atoms with Crippen LogP contribution in [0, 0.1) is 0 Å². The van der Waals surface area contributed by atoms with Crippen molar-refractivity contribution in [2.75, 3.05) is 10.6 Å². The van der Waals surface area contributed by atoms with Crippen LogP contribution in [0.5, 0.6) is 0 Å². The normalized spacial score (nSPS) is 10.7. The molecular weight excluding hydrogens is 340 g/mol. The lowest BCUT2D eigenvalue weighted by Crippen LogP contribution is -2.05. The summed E-state index contributed by atoms with van der Waals surface area (Å²) in [5.41, 5.74) is 4.57. The third-order valence-corrected chi connectivity index (χ3v) is 4.11. The van der Waals surface area contributed by atoms with Gasteiger partial charge in [-0.05, 0) is 41.5 Å². The highest BCUT2D eigenvalue weighted by atomic mass is 16.1. The SMILES string of the molecule is CC(=O)Nc1ccc(-c2cnn3ccc(NCc4ccncc4)nc23)cc1. The first-order valence-electron chi connectivity index (χ1n) is 8.54. The number of benzene rings is 1. The van der Waals surface area contributed by atoms with Crippen LogP contribution >= 0.6 is 0 Å². The highest BCUT2D eigenvalue weighted by Crippen LogP contribution is 2.25. The summed E-state index contributed by atoms with van der Waals surface area (Å²) in [5.74, 6) is 0.682. The Balaban J connectivity index is 1.59. The van der Waals surface area contributed by atoms with Gasteiger partial charge in [0.05, 0.1) is 6.20 Å². The van der Waals surface area contributed by atoms with Gasteiger partial charge in [0.25, 0.3) is 0 Å². The standard InChI is InChI=1S/C20H18N6O/c1-14(27)24-17-4-2-16(3-5-17)18-13-23-26-11-8-19(25-20(18)26)22-12-15-6-9-21-10-7-15/h2-11,13H,12H2,1H3,(H,22,25)(H,24,27). The van der Waals surface area contributed by atoms with Crippen LogP contribution in [0.4, 0.5) is 11.5 Å². The van der Waals surface area contributed by atoms with E-state index in [4.69, 9.17) is 4.98 Å². The Labute approximate surface area is 156 Å². The fourth-order valence-corrected chi connectivity index (χ4v) is 2.80. The second kappa shape index (κ2) is 7.25. The molecule has 0 bridgehead atoms. The first-order valence-corrected chi connectivity index (χ1v) is 8.54. The second-order valence-corrected chi connectivity index (χ2v) is 6.11. The van der Waals surface area contributed by atoms with E-state index in [1.54, 1.807) is 23.1 Å². The van der Waals surface area contributed by atoms with Crippen molar-refractivity contribution >= 4 is 23.1 Å². The summed E-state index contributed by atoms with van der Waals surface area (Å²) >= 11 is 0. The number of hydrogen-bond donors (Lipinski definition) is 2. The van der Waals surface area contributed by atoms with Crippen LogP contribution in [0.15, 0.2) is 67.3 Å². The van der Waals surface area contributed by atoms with Gasteiger partial charge in [-0.3, -0.25) is 9.78 Å². The Morgan fingerprint density at radius 3 is 2.59 bits per heavy atom. The molecular formula is C20H18N6O. The number of carbonyl (C=O) groups is 1. The van der Waals surface area contributed by atoms with Gasteiger partial charge in [0.2, 0.25) is 5.91 Å². The summed E-state index contributed by atoms with van der Waals surface area (Å²) in [6.45, 7) is 2.16. The van der Waals surface area contributed by atoms with E-state index in [2.05, 4.69) is 20.7 Å². The minimum absolute atomic E-state index is 0.0923. The smallest absolute Gasteiger partial charge is 0.221 e. The maximum absolute atomic E-state index is 11.2. The Morgan fingerprint density at radius 2 is 1.85 bits per heavy atom. The van der Waals surface area contributed by atoms with E-state index in [9.17, 15) is 4.79 Å². The van der Waals surface area contributed by atoms with Gasteiger partial charge in [0.15, 0.2) is 5.65 Å². The predicted molar refractivity (Wildman–Crippen MR) is 104 cm³/mol. The predicted octanol–water partition coefficient (Wildman–Crippen LogP) is 3.36. The van der Waals surface area contributed by atoms with E-state index >= 15 is 0 Å². The highest BCUT2D eigenvalue weighted by Gasteiger charge is 2.09. The molecule has 0 spiro atoms. The molecule has 0 aliphatic rings. The summed E-state index contributed by atoms with van der Waals surface area (Å²) < 4.78 is 1.74. The largest absolute Gasteiger partial charge is 0.366 e. The average Bonchev–Trinajstić information content (AvgIpc) is 3.11. The Kier molecular flexibility index (Phi) is 4.49. The first kappa shape index (κ1) is 16.7. The third kappa shape index (κ3) is 3.77. The zero-order valence-corrected chi connectivity index (χ0v) is 14.8. The van der Waals surface area contributed by atoms with Crippen LogP contribution in [0.2, 0.25) is 0 Å². The van der Waals surface area contributed by atoms with Crippen molar-refractivity contribution in [2.45, 2.75) is 13.5 Å². The molecule has 1 aromatic carbocycles. The molecule has 3 aromatic heterocycles. The van der Waals surface area contributed by atoms with Crippen molar-refractivity contribution in [3.63, 3.8) is 0 Å². The lowest BCUT2D eigenvalue weighted by Gasteiger charge is -2.07. The van der Waals surface area contributed by atoms with Crippen molar-refractivity contribution in [1.29, 1.82) is 0 Å². The van der Waals surface area contributed by atoms with Crippen LogP contribution in [-0.4, -0.2) is 25.5 Å².